The van der Waals surface area contributed by atoms with Crippen LogP contribution < -0.4 is 4.74 Å². The average Bonchev–Trinajstić information content (AvgIpc) is 2.45. The minimum absolute atomic E-state index is 0.295. The van der Waals surface area contributed by atoms with Crippen LogP contribution in [0.3, 0.4) is 0 Å². The maximum atomic E-state index is 13.2. The minimum atomic E-state index is -1.47. The highest BCUT2D eigenvalue weighted by Crippen LogP contribution is 2.31. The quantitative estimate of drug-likeness (QED) is 0.675. The number of hydrogen-bond donors (Lipinski definition) is 1. The van der Waals surface area contributed by atoms with Crippen LogP contribution in [0.15, 0.2) is 48.5 Å². The third-order valence-corrected chi connectivity index (χ3v) is 2.69. The van der Waals surface area contributed by atoms with Crippen molar-refractivity contribution in [2.75, 3.05) is 0 Å². The van der Waals surface area contributed by atoms with Crippen molar-refractivity contribution in [2.24, 2.45) is 0 Å². The summed E-state index contributed by atoms with van der Waals surface area (Å²) in [5.74, 6) is -2.52. The van der Waals surface area contributed by atoms with Gasteiger partial charge in [-0.1, -0.05) is 30.3 Å². The number of nitro groups is 1. The molecule has 0 aliphatic rings. The van der Waals surface area contributed by atoms with E-state index in [2.05, 4.69) is 0 Å². The molecule has 2 aromatic rings. The molecule has 0 aliphatic carbocycles. The first kappa shape index (κ1) is 14.4. The maximum absolute atomic E-state index is 13.2. The first-order valence-corrected chi connectivity index (χ1v) is 5.87. The van der Waals surface area contributed by atoms with Gasteiger partial charge in [0, 0.05) is 17.7 Å². The highest BCUT2D eigenvalue weighted by Gasteiger charge is 2.26. The van der Waals surface area contributed by atoms with Crippen LogP contribution in [0.1, 0.15) is 11.7 Å². The van der Waals surface area contributed by atoms with Gasteiger partial charge in [-0.25, -0.2) is 9.18 Å². The van der Waals surface area contributed by atoms with Gasteiger partial charge in [-0.15, -0.1) is 0 Å². The number of halogens is 1. The van der Waals surface area contributed by atoms with Gasteiger partial charge >= 0.3 is 11.7 Å². The number of ether oxygens (including phenoxy) is 1. The molecule has 1 atom stereocenters. The summed E-state index contributed by atoms with van der Waals surface area (Å²) >= 11 is 0. The second-order valence-corrected chi connectivity index (χ2v) is 4.12. The van der Waals surface area contributed by atoms with Crippen LogP contribution in [0.25, 0.3) is 0 Å². The summed E-state index contributed by atoms with van der Waals surface area (Å²) in [6, 6.07) is 10.5. The lowest BCUT2D eigenvalue weighted by atomic mass is 10.1. The summed E-state index contributed by atoms with van der Waals surface area (Å²) in [5.41, 5.74) is -0.206. The van der Waals surface area contributed by atoms with Gasteiger partial charge in [0.15, 0.2) is 0 Å². The third-order valence-electron chi connectivity index (χ3n) is 2.69. The number of carbonyl (C=O) groups is 1. The fraction of sp³-hybridized carbons (Fsp3) is 0.0714. The smallest absolute Gasteiger partial charge is 0.349 e. The lowest BCUT2D eigenvalue weighted by Crippen LogP contribution is -2.18. The van der Waals surface area contributed by atoms with E-state index < -0.39 is 34.3 Å². The van der Waals surface area contributed by atoms with Crippen molar-refractivity contribution < 1.29 is 24.0 Å². The molecular formula is C14H10FNO5. The normalized spacial score (nSPS) is 11.7. The van der Waals surface area contributed by atoms with Gasteiger partial charge in [-0.2, -0.15) is 0 Å². The van der Waals surface area contributed by atoms with Crippen molar-refractivity contribution in [1.82, 2.24) is 0 Å². The minimum Gasteiger partial charge on any atom is -0.478 e. The number of benzene rings is 2. The lowest BCUT2D eigenvalue weighted by molar-refractivity contribution is -0.386. The fourth-order valence-electron chi connectivity index (χ4n) is 1.75. The van der Waals surface area contributed by atoms with E-state index in [1.165, 1.54) is 12.1 Å². The molecule has 108 valence electrons. The summed E-state index contributed by atoms with van der Waals surface area (Å²) in [7, 11) is 0. The van der Waals surface area contributed by atoms with E-state index in [1.54, 1.807) is 18.2 Å². The van der Waals surface area contributed by atoms with Crippen LogP contribution >= 0.6 is 0 Å². The molecule has 2 aromatic carbocycles. The predicted octanol–water partition coefficient (Wildman–Crippen LogP) is 2.94. The molecule has 0 bridgehead atoms. The Bertz CT molecular complexity index is 674. The van der Waals surface area contributed by atoms with Crippen molar-refractivity contribution in [3.63, 3.8) is 0 Å². The highest BCUT2D eigenvalue weighted by atomic mass is 19.1. The molecule has 1 N–H and O–H groups in total. The first-order valence-electron chi connectivity index (χ1n) is 5.87. The Hall–Kier alpha value is -2.96. The highest BCUT2D eigenvalue weighted by molar-refractivity contribution is 5.75. The molecule has 0 saturated carbocycles. The zero-order valence-electron chi connectivity index (χ0n) is 10.6. The zero-order valence-corrected chi connectivity index (χ0v) is 10.6. The second-order valence-electron chi connectivity index (χ2n) is 4.12. The number of carboxylic acids is 1. The molecule has 2 rings (SSSR count). The molecule has 1 unspecified atom stereocenters. The number of rotatable bonds is 5. The summed E-state index contributed by atoms with van der Waals surface area (Å²) in [4.78, 5) is 21.4. The summed E-state index contributed by atoms with van der Waals surface area (Å²) in [6.45, 7) is 0. The fourth-order valence-corrected chi connectivity index (χ4v) is 1.75. The Balaban J connectivity index is 2.40. The van der Waals surface area contributed by atoms with Gasteiger partial charge in [-0.3, -0.25) is 10.1 Å². The average molecular weight is 291 g/mol. The molecule has 0 heterocycles. The van der Waals surface area contributed by atoms with E-state index >= 15 is 0 Å². The molecule has 0 radical (unpaired) electrons. The van der Waals surface area contributed by atoms with Crippen LogP contribution in [-0.4, -0.2) is 16.0 Å². The molecule has 0 spiro atoms. The van der Waals surface area contributed by atoms with Crippen LogP contribution in [0.4, 0.5) is 10.1 Å². The van der Waals surface area contributed by atoms with Gasteiger partial charge in [0.25, 0.3) is 0 Å². The predicted molar refractivity (Wildman–Crippen MR) is 70.5 cm³/mol. The number of aliphatic carboxylic acids is 1. The van der Waals surface area contributed by atoms with Crippen molar-refractivity contribution >= 4 is 11.7 Å². The van der Waals surface area contributed by atoms with Crippen LogP contribution in [0.2, 0.25) is 0 Å². The summed E-state index contributed by atoms with van der Waals surface area (Å²) < 4.78 is 18.4. The third kappa shape index (κ3) is 3.33. The molecule has 0 saturated heterocycles. The van der Waals surface area contributed by atoms with Crippen LogP contribution in [0, 0.1) is 15.9 Å². The molecule has 0 aliphatic heterocycles. The zero-order chi connectivity index (χ0) is 15.4. The largest absolute Gasteiger partial charge is 0.478 e. The molecule has 0 aromatic heterocycles. The van der Waals surface area contributed by atoms with Gasteiger partial charge in [-0.05, 0) is 6.07 Å². The van der Waals surface area contributed by atoms with E-state index in [1.807, 2.05) is 0 Å². The molecule has 0 fully saturated rings. The molecule has 7 heteroatoms. The van der Waals surface area contributed by atoms with Gasteiger partial charge in [0.2, 0.25) is 11.9 Å². The topological polar surface area (TPSA) is 89.7 Å². The molecule has 6 nitrogen and oxygen atoms in total. The standard InChI is InChI=1S/C14H10FNO5/c15-10-6-7-11(16(19)20)12(8-10)21-13(14(17)18)9-4-2-1-3-5-9/h1-8,13H,(H,17,18). The molecule has 21 heavy (non-hydrogen) atoms. The Morgan fingerprint density at radius 3 is 2.48 bits per heavy atom. The molecule has 0 amide bonds. The number of nitro benzene ring substituents is 1. The van der Waals surface area contributed by atoms with Gasteiger partial charge in [0.05, 0.1) is 4.92 Å². The monoisotopic (exact) mass is 291 g/mol. The Morgan fingerprint density at radius 2 is 1.90 bits per heavy atom. The summed E-state index contributed by atoms with van der Waals surface area (Å²) in [5, 5.41) is 20.1. The second kappa shape index (κ2) is 6.00. The Kier molecular flexibility index (Phi) is 4.13. The first-order chi connectivity index (χ1) is 9.99. The van der Waals surface area contributed by atoms with Crippen LogP contribution in [0.5, 0.6) is 5.75 Å². The van der Waals surface area contributed by atoms with Crippen LogP contribution in [-0.2, 0) is 4.79 Å². The van der Waals surface area contributed by atoms with Crippen molar-refractivity contribution in [3.8, 4) is 5.75 Å². The van der Waals surface area contributed by atoms with Gasteiger partial charge in [0.1, 0.15) is 5.82 Å². The van der Waals surface area contributed by atoms with Gasteiger partial charge < -0.3 is 9.84 Å². The van der Waals surface area contributed by atoms with E-state index in [4.69, 9.17) is 4.74 Å². The Labute approximate surface area is 118 Å². The van der Waals surface area contributed by atoms with E-state index in [9.17, 15) is 24.4 Å². The van der Waals surface area contributed by atoms with E-state index in [-0.39, 0.29) is 0 Å². The number of hydrogen-bond acceptors (Lipinski definition) is 4. The number of carboxylic acid groups (broad SMARTS) is 1. The van der Waals surface area contributed by atoms with Crippen molar-refractivity contribution in [3.05, 3.63) is 70.0 Å². The lowest BCUT2D eigenvalue weighted by Gasteiger charge is -2.15. The van der Waals surface area contributed by atoms with E-state index in [0.717, 1.165) is 18.2 Å². The van der Waals surface area contributed by atoms with Crippen molar-refractivity contribution in [2.45, 2.75) is 6.10 Å². The number of nitrogens with zero attached hydrogens (tertiary/aromatic N) is 1. The molecular weight excluding hydrogens is 281 g/mol. The summed E-state index contributed by atoms with van der Waals surface area (Å²) in [6.07, 6.45) is -1.47. The van der Waals surface area contributed by atoms with E-state index in [0.29, 0.717) is 5.56 Å². The Morgan fingerprint density at radius 1 is 1.24 bits per heavy atom. The van der Waals surface area contributed by atoms with Crippen molar-refractivity contribution in [1.29, 1.82) is 0 Å². The SMILES string of the molecule is O=C(O)C(Oc1cc(F)ccc1[N+](=O)[O-])c1ccccc1. The maximum Gasteiger partial charge on any atom is 0.349 e.